The molecule has 2 nitrogen and oxygen atoms in total. The van der Waals surface area contributed by atoms with Crippen LogP contribution >= 0.6 is 22.6 Å². The van der Waals surface area contributed by atoms with E-state index in [-0.39, 0.29) is 11.5 Å². The van der Waals surface area contributed by atoms with Crippen LogP contribution in [0.15, 0.2) is 42.5 Å². The number of unbranched alkanes of at least 4 members (excludes halogenated alkanes) is 4. The molecular weight excluding hydrogens is 423 g/mol. The Morgan fingerprint density at radius 2 is 1.76 bits per heavy atom. The van der Waals surface area contributed by atoms with Gasteiger partial charge in [0.25, 0.3) is 0 Å². The van der Waals surface area contributed by atoms with E-state index >= 15 is 0 Å². The van der Waals surface area contributed by atoms with Crippen LogP contribution in [0.1, 0.15) is 76.4 Å². The molecule has 2 aromatic carbocycles. The van der Waals surface area contributed by atoms with Gasteiger partial charge in [-0.2, -0.15) is 0 Å². The number of phenols is 1. The molecule has 0 saturated carbocycles. The summed E-state index contributed by atoms with van der Waals surface area (Å²) in [5, 5.41) is 10.2. The fraction of sp³-hybridized carbons (Fsp3) is 0.409. The molecule has 1 N–H and O–H groups in total. The van der Waals surface area contributed by atoms with Crippen molar-refractivity contribution >= 4 is 28.4 Å². The number of alkyl halides is 1. The van der Waals surface area contributed by atoms with Crippen molar-refractivity contribution in [3.05, 3.63) is 64.7 Å². The van der Waals surface area contributed by atoms with Gasteiger partial charge in [0, 0.05) is 9.49 Å². The zero-order valence-electron chi connectivity index (χ0n) is 15.1. The SMILES string of the molecule is CCCCCCC[C@H](I)c1ccc(O)c(C(=O)c2ccccc2C)c1. The smallest absolute Gasteiger partial charge is 0.197 e. The van der Waals surface area contributed by atoms with Crippen LogP contribution in [0.3, 0.4) is 0 Å². The molecule has 2 rings (SSSR count). The van der Waals surface area contributed by atoms with Gasteiger partial charge in [0.15, 0.2) is 5.78 Å². The largest absolute Gasteiger partial charge is 0.507 e. The maximum Gasteiger partial charge on any atom is 0.197 e. The molecule has 0 aliphatic rings. The molecule has 0 amide bonds. The summed E-state index contributed by atoms with van der Waals surface area (Å²) in [6.45, 7) is 4.15. The van der Waals surface area contributed by atoms with Crippen LogP contribution in [-0.4, -0.2) is 10.9 Å². The number of phenolic OH excluding ortho intramolecular Hbond substituents is 1. The highest BCUT2D eigenvalue weighted by Gasteiger charge is 2.18. The monoisotopic (exact) mass is 450 g/mol. The number of carbonyl (C=O) groups excluding carboxylic acids is 1. The van der Waals surface area contributed by atoms with Gasteiger partial charge in [0.05, 0.1) is 5.56 Å². The number of ketones is 1. The van der Waals surface area contributed by atoms with Crippen LogP contribution in [0, 0.1) is 6.92 Å². The minimum absolute atomic E-state index is 0.0588. The van der Waals surface area contributed by atoms with E-state index < -0.39 is 0 Å². The number of halogens is 1. The van der Waals surface area contributed by atoms with E-state index in [1.807, 2.05) is 43.3 Å². The zero-order chi connectivity index (χ0) is 18.2. The van der Waals surface area contributed by atoms with Crippen molar-refractivity contribution in [2.75, 3.05) is 0 Å². The van der Waals surface area contributed by atoms with Crippen LogP contribution in [-0.2, 0) is 0 Å². The first kappa shape index (κ1) is 20.0. The lowest BCUT2D eigenvalue weighted by molar-refractivity contribution is 0.103. The van der Waals surface area contributed by atoms with Crippen molar-refractivity contribution in [2.45, 2.75) is 56.3 Å². The molecular formula is C22H27IO2. The molecule has 0 heterocycles. The van der Waals surface area contributed by atoms with Crippen molar-refractivity contribution in [1.82, 2.24) is 0 Å². The van der Waals surface area contributed by atoms with Crippen molar-refractivity contribution in [1.29, 1.82) is 0 Å². The van der Waals surface area contributed by atoms with Gasteiger partial charge >= 0.3 is 0 Å². The van der Waals surface area contributed by atoms with Gasteiger partial charge in [-0.15, -0.1) is 0 Å². The van der Waals surface area contributed by atoms with Crippen molar-refractivity contribution < 1.29 is 9.90 Å². The average Bonchev–Trinajstić information content (AvgIpc) is 2.61. The summed E-state index contributed by atoms with van der Waals surface area (Å²) in [7, 11) is 0. The number of benzene rings is 2. The lowest BCUT2D eigenvalue weighted by Gasteiger charge is -2.13. The van der Waals surface area contributed by atoms with E-state index in [4.69, 9.17) is 0 Å². The van der Waals surface area contributed by atoms with E-state index in [1.54, 1.807) is 6.07 Å². The fourth-order valence-electron chi connectivity index (χ4n) is 3.00. The molecule has 1 atom stereocenters. The van der Waals surface area contributed by atoms with E-state index in [9.17, 15) is 9.90 Å². The summed E-state index contributed by atoms with van der Waals surface area (Å²) in [5.41, 5.74) is 3.10. The predicted molar refractivity (Wildman–Crippen MR) is 113 cm³/mol. The molecule has 2 aromatic rings. The lowest BCUT2D eigenvalue weighted by atomic mass is 9.95. The van der Waals surface area contributed by atoms with Gasteiger partial charge in [0.2, 0.25) is 0 Å². The van der Waals surface area contributed by atoms with Gasteiger partial charge in [-0.25, -0.2) is 0 Å². The number of aromatic hydroxyl groups is 1. The Kier molecular flexibility index (Phi) is 7.94. The topological polar surface area (TPSA) is 37.3 Å². The van der Waals surface area contributed by atoms with Gasteiger partial charge in [-0.1, -0.05) is 92.0 Å². The molecule has 134 valence electrons. The Morgan fingerprint density at radius 3 is 2.48 bits per heavy atom. The summed E-state index contributed by atoms with van der Waals surface area (Å²) in [6.07, 6.45) is 7.44. The van der Waals surface area contributed by atoms with Gasteiger partial charge in [0.1, 0.15) is 5.75 Å². The number of carbonyl (C=O) groups is 1. The van der Waals surface area contributed by atoms with Crippen molar-refractivity contribution in [3.63, 3.8) is 0 Å². The molecule has 0 radical (unpaired) electrons. The molecule has 0 aliphatic carbocycles. The second-order valence-electron chi connectivity index (χ2n) is 6.59. The second kappa shape index (κ2) is 9.95. The number of aryl methyl sites for hydroxylation is 1. The maximum atomic E-state index is 12.8. The summed E-state index contributed by atoms with van der Waals surface area (Å²) in [4.78, 5) is 12.8. The van der Waals surface area contributed by atoms with Gasteiger partial charge in [-0.05, 0) is 36.6 Å². The lowest BCUT2D eigenvalue weighted by Crippen LogP contribution is -2.05. The van der Waals surface area contributed by atoms with E-state index in [1.165, 1.54) is 32.1 Å². The van der Waals surface area contributed by atoms with Crippen molar-refractivity contribution in [2.24, 2.45) is 0 Å². The standard InChI is InChI=1S/C22H27IO2/c1-3-4-5-6-7-12-20(23)17-13-14-21(24)19(15-17)22(25)18-11-9-8-10-16(18)2/h8-11,13-15,20,24H,3-7,12H2,1-2H3/t20-/m0/s1. The molecule has 0 bridgehead atoms. The average molecular weight is 450 g/mol. The third kappa shape index (κ3) is 5.56. The predicted octanol–water partition coefficient (Wildman–Crippen LogP) is 6.77. The first-order valence-corrected chi connectivity index (χ1v) is 10.4. The van der Waals surface area contributed by atoms with Crippen molar-refractivity contribution in [3.8, 4) is 5.75 Å². The Labute approximate surface area is 164 Å². The molecule has 0 spiro atoms. The van der Waals surface area contributed by atoms with Crippen LogP contribution in [0.5, 0.6) is 5.75 Å². The van der Waals surface area contributed by atoms with Crippen LogP contribution in [0.4, 0.5) is 0 Å². The summed E-state index contributed by atoms with van der Waals surface area (Å²) in [5.74, 6) is -0.0486. The molecule has 0 fully saturated rings. The van der Waals surface area contributed by atoms with E-state index in [2.05, 4.69) is 29.5 Å². The Morgan fingerprint density at radius 1 is 1.04 bits per heavy atom. The molecule has 0 saturated heterocycles. The Bertz CT molecular complexity index is 709. The zero-order valence-corrected chi connectivity index (χ0v) is 17.3. The summed E-state index contributed by atoms with van der Waals surface area (Å²) in [6, 6.07) is 13.0. The highest BCUT2D eigenvalue weighted by molar-refractivity contribution is 14.1. The highest BCUT2D eigenvalue weighted by atomic mass is 127. The second-order valence-corrected chi connectivity index (χ2v) is 8.09. The van der Waals surface area contributed by atoms with Gasteiger partial charge < -0.3 is 5.11 Å². The van der Waals surface area contributed by atoms with Crippen LogP contribution in [0.25, 0.3) is 0 Å². The number of rotatable bonds is 9. The molecule has 3 heteroatoms. The normalized spacial score (nSPS) is 12.1. The summed E-state index contributed by atoms with van der Waals surface area (Å²) < 4.78 is 0.364. The third-order valence-electron chi connectivity index (χ3n) is 4.58. The molecule has 25 heavy (non-hydrogen) atoms. The Balaban J connectivity index is 2.12. The molecule has 0 unspecified atom stereocenters. The fourth-order valence-corrected chi connectivity index (χ4v) is 3.82. The van der Waals surface area contributed by atoms with Gasteiger partial charge in [-0.3, -0.25) is 4.79 Å². The van der Waals surface area contributed by atoms with Crippen LogP contribution < -0.4 is 0 Å². The van der Waals surface area contributed by atoms with E-state index in [0.717, 1.165) is 17.5 Å². The maximum absolute atomic E-state index is 12.8. The molecule has 0 aliphatic heterocycles. The summed E-state index contributed by atoms with van der Waals surface area (Å²) >= 11 is 2.45. The first-order chi connectivity index (χ1) is 12.0. The number of hydrogen-bond donors (Lipinski definition) is 1. The minimum Gasteiger partial charge on any atom is -0.507 e. The van der Waals surface area contributed by atoms with Crippen LogP contribution in [0.2, 0.25) is 0 Å². The third-order valence-corrected chi connectivity index (χ3v) is 5.92. The minimum atomic E-state index is -0.107. The Hall–Kier alpha value is -1.36. The first-order valence-electron chi connectivity index (χ1n) is 9.12. The van der Waals surface area contributed by atoms with E-state index in [0.29, 0.717) is 15.1 Å². The quantitative estimate of drug-likeness (QED) is 0.198. The molecule has 0 aromatic heterocycles. The highest BCUT2D eigenvalue weighted by Crippen LogP contribution is 2.33. The number of hydrogen-bond acceptors (Lipinski definition) is 2.